The van der Waals surface area contributed by atoms with E-state index in [0.29, 0.717) is 6.04 Å². The normalized spacial score (nSPS) is 24.9. The molecule has 0 aromatic carbocycles. The zero-order valence-corrected chi connectivity index (χ0v) is 8.88. The van der Waals surface area contributed by atoms with Crippen LogP contribution in [0.4, 0.5) is 0 Å². The second kappa shape index (κ2) is 6.35. The zero-order valence-electron chi connectivity index (χ0n) is 8.88. The van der Waals surface area contributed by atoms with Gasteiger partial charge in [-0.05, 0) is 26.8 Å². The highest BCUT2D eigenvalue weighted by Crippen LogP contribution is 2.15. The summed E-state index contributed by atoms with van der Waals surface area (Å²) in [6.45, 7) is 5.97. The number of hydrogen-bond donors (Lipinski definition) is 1. The van der Waals surface area contributed by atoms with Gasteiger partial charge in [-0.3, -0.25) is 4.90 Å². The molecule has 0 spiro atoms. The summed E-state index contributed by atoms with van der Waals surface area (Å²) in [5, 5.41) is 3.25. The van der Waals surface area contributed by atoms with E-state index in [1.807, 2.05) is 7.05 Å². The number of likely N-dealkylation sites (N-methyl/N-ethyl adjacent to an activating group) is 1. The molecular formula is C10H22N2O. The van der Waals surface area contributed by atoms with Crippen molar-refractivity contribution in [3.63, 3.8) is 0 Å². The van der Waals surface area contributed by atoms with Crippen LogP contribution in [0.3, 0.4) is 0 Å². The average Bonchev–Trinajstić information content (AvgIpc) is 2.17. The van der Waals surface area contributed by atoms with Gasteiger partial charge in [-0.2, -0.15) is 0 Å². The average molecular weight is 186 g/mol. The Morgan fingerprint density at radius 2 is 2.31 bits per heavy atom. The minimum atomic E-state index is 0.685. The Balaban J connectivity index is 2.28. The summed E-state index contributed by atoms with van der Waals surface area (Å²) in [5.74, 6) is 0. The molecule has 13 heavy (non-hydrogen) atoms. The minimum Gasteiger partial charge on any atom is -0.366 e. The summed E-state index contributed by atoms with van der Waals surface area (Å²) in [6.07, 6.45) is 4.01. The topological polar surface area (TPSA) is 24.5 Å². The maximum absolute atomic E-state index is 5.45. The van der Waals surface area contributed by atoms with Crippen molar-refractivity contribution >= 4 is 0 Å². The van der Waals surface area contributed by atoms with Gasteiger partial charge in [0.2, 0.25) is 0 Å². The molecule has 0 aromatic heterocycles. The Labute approximate surface area is 81.4 Å². The van der Waals surface area contributed by atoms with Crippen molar-refractivity contribution in [2.45, 2.75) is 32.2 Å². The highest BCUT2D eigenvalue weighted by atomic mass is 16.5. The van der Waals surface area contributed by atoms with Gasteiger partial charge in [0.15, 0.2) is 0 Å². The molecule has 0 bridgehead atoms. The first-order valence-corrected chi connectivity index (χ1v) is 5.35. The predicted molar refractivity (Wildman–Crippen MR) is 54.8 cm³/mol. The molecule has 1 rings (SSSR count). The quantitative estimate of drug-likeness (QED) is 0.694. The minimum absolute atomic E-state index is 0.685. The maximum atomic E-state index is 5.45. The van der Waals surface area contributed by atoms with Crippen LogP contribution in [0, 0.1) is 0 Å². The van der Waals surface area contributed by atoms with Crippen molar-refractivity contribution < 1.29 is 4.74 Å². The molecule has 1 N–H and O–H groups in total. The monoisotopic (exact) mass is 186 g/mol. The van der Waals surface area contributed by atoms with Crippen LogP contribution < -0.4 is 5.32 Å². The van der Waals surface area contributed by atoms with Crippen LogP contribution in [0.5, 0.6) is 0 Å². The fraction of sp³-hybridized carbons (Fsp3) is 1.00. The van der Waals surface area contributed by atoms with Gasteiger partial charge in [0.05, 0.1) is 6.73 Å². The number of hydrogen-bond acceptors (Lipinski definition) is 3. The largest absolute Gasteiger partial charge is 0.366 e. The van der Waals surface area contributed by atoms with Crippen molar-refractivity contribution in [3.05, 3.63) is 0 Å². The zero-order chi connectivity index (χ0) is 9.52. The first-order chi connectivity index (χ1) is 6.38. The molecule has 3 nitrogen and oxygen atoms in total. The first kappa shape index (κ1) is 11.0. The third-order valence-electron chi connectivity index (χ3n) is 2.65. The van der Waals surface area contributed by atoms with Crippen LogP contribution in [-0.2, 0) is 4.74 Å². The smallest absolute Gasteiger partial charge is 0.0992 e. The third kappa shape index (κ3) is 3.63. The van der Waals surface area contributed by atoms with Crippen molar-refractivity contribution in [3.8, 4) is 0 Å². The molecule has 1 heterocycles. The molecule has 1 fully saturated rings. The lowest BCUT2D eigenvalue weighted by Gasteiger charge is -2.35. The molecular weight excluding hydrogens is 164 g/mol. The standard InChI is InChI=1S/C10H22N2O/c1-3-13-9-12-7-5-4-6-10(12)8-11-2/h10-11H,3-9H2,1-2H3. The highest BCUT2D eigenvalue weighted by Gasteiger charge is 2.20. The number of rotatable bonds is 5. The molecule has 1 saturated heterocycles. The van der Waals surface area contributed by atoms with E-state index in [2.05, 4.69) is 17.1 Å². The van der Waals surface area contributed by atoms with E-state index in [-0.39, 0.29) is 0 Å². The Hall–Kier alpha value is -0.120. The van der Waals surface area contributed by atoms with Gasteiger partial charge in [0.1, 0.15) is 0 Å². The summed E-state index contributed by atoms with van der Waals surface area (Å²) in [5.41, 5.74) is 0. The second-order valence-electron chi connectivity index (χ2n) is 3.64. The van der Waals surface area contributed by atoms with Crippen molar-refractivity contribution in [1.29, 1.82) is 0 Å². The van der Waals surface area contributed by atoms with Gasteiger partial charge in [-0.1, -0.05) is 6.42 Å². The van der Waals surface area contributed by atoms with E-state index in [9.17, 15) is 0 Å². The lowest BCUT2D eigenvalue weighted by Crippen LogP contribution is -2.45. The molecule has 3 heteroatoms. The summed E-state index contributed by atoms with van der Waals surface area (Å²) >= 11 is 0. The number of likely N-dealkylation sites (tertiary alicyclic amines) is 1. The van der Waals surface area contributed by atoms with E-state index in [4.69, 9.17) is 4.74 Å². The van der Waals surface area contributed by atoms with Crippen LogP contribution in [0.1, 0.15) is 26.2 Å². The SMILES string of the molecule is CCOCN1CCCCC1CNC. The molecule has 1 aliphatic rings. The molecule has 1 aliphatic heterocycles. The van der Waals surface area contributed by atoms with Crippen LogP contribution in [0.2, 0.25) is 0 Å². The Bertz CT molecular complexity index is 128. The van der Waals surface area contributed by atoms with Crippen LogP contribution in [0.15, 0.2) is 0 Å². The van der Waals surface area contributed by atoms with Gasteiger partial charge in [0.25, 0.3) is 0 Å². The second-order valence-corrected chi connectivity index (χ2v) is 3.64. The van der Waals surface area contributed by atoms with Crippen LogP contribution in [0.25, 0.3) is 0 Å². The number of nitrogens with zero attached hydrogens (tertiary/aromatic N) is 1. The van der Waals surface area contributed by atoms with Crippen LogP contribution >= 0.6 is 0 Å². The van der Waals surface area contributed by atoms with Gasteiger partial charge in [0, 0.05) is 25.7 Å². The highest BCUT2D eigenvalue weighted by molar-refractivity contribution is 4.76. The third-order valence-corrected chi connectivity index (χ3v) is 2.65. The van der Waals surface area contributed by atoms with Gasteiger partial charge in [-0.25, -0.2) is 0 Å². The van der Waals surface area contributed by atoms with E-state index in [0.717, 1.165) is 19.9 Å². The van der Waals surface area contributed by atoms with Gasteiger partial charge < -0.3 is 10.1 Å². The molecule has 78 valence electrons. The van der Waals surface area contributed by atoms with Crippen LogP contribution in [-0.4, -0.2) is 44.4 Å². The van der Waals surface area contributed by atoms with E-state index in [1.165, 1.54) is 25.8 Å². The lowest BCUT2D eigenvalue weighted by atomic mass is 10.0. The van der Waals surface area contributed by atoms with Crippen molar-refractivity contribution in [2.75, 3.05) is 33.5 Å². The summed E-state index contributed by atoms with van der Waals surface area (Å²) in [6, 6.07) is 0.685. The summed E-state index contributed by atoms with van der Waals surface area (Å²) in [7, 11) is 2.02. The fourth-order valence-corrected chi connectivity index (χ4v) is 1.91. The maximum Gasteiger partial charge on any atom is 0.0992 e. The molecule has 0 aliphatic carbocycles. The molecule has 1 atom stereocenters. The molecule has 0 saturated carbocycles. The van der Waals surface area contributed by atoms with Gasteiger partial charge >= 0.3 is 0 Å². The molecule has 0 aromatic rings. The van der Waals surface area contributed by atoms with E-state index in [1.54, 1.807) is 0 Å². The first-order valence-electron chi connectivity index (χ1n) is 5.35. The predicted octanol–water partition coefficient (Wildman–Crippen LogP) is 1.05. The van der Waals surface area contributed by atoms with Crippen molar-refractivity contribution in [1.82, 2.24) is 10.2 Å². The van der Waals surface area contributed by atoms with Gasteiger partial charge in [-0.15, -0.1) is 0 Å². The number of nitrogens with one attached hydrogen (secondary N) is 1. The molecule has 0 radical (unpaired) electrons. The Morgan fingerprint density at radius 1 is 1.46 bits per heavy atom. The fourth-order valence-electron chi connectivity index (χ4n) is 1.91. The number of ether oxygens (including phenoxy) is 1. The molecule has 0 amide bonds. The van der Waals surface area contributed by atoms with E-state index < -0.39 is 0 Å². The van der Waals surface area contributed by atoms with E-state index >= 15 is 0 Å². The molecule has 1 unspecified atom stereocenters. The van der Waals surface area contributed by atoms with Crippen molar-refractivity contribution in [2.24, 2.45) is 0 Å². The Kier molecular flexibility index (Phi) is 5.35. The number of piperidine rings is 1. The Morgan fingerprint density at radius 3 is 3.00 bits per heavy atom. The summed E-state index contributed by atoms with van der Waals surface area (Å²) in [4.78, 5) is 2.45. The lowest BCUT2D eigenvalue weighted by molar-refractivity contribution is -0.00377. The summed E-state index contributed by atoms with van der Waals surface area (Å²) < 4.78 is 5.45.